The fourth-order valence-corrected chi connectivity index (χ4v) is 2.59. The fraction of sp³-hybridized carbons (Fsp3) is 0.556. The molecule has 3 nitrogen and oxygen atoms in total. The van der Waals surface area contributed by atoms with Crippen LogP contribution >= 0.6 is 0 Å². The van der Waals surface area contributed by atoms with Crippen LogP contribution in [0.2, 0.25) is 0 Å². The lowest BCUT2D eigenvalue weighted by Gasteiger charge is -2.34. The first-order chi connectivity index (χ1) is 9.80. The standard InChI is InChI=1S/C18H26O3/c1-13(6-5-7-14(2)20)8-9-16-15(3)17(21)10-11-18(16,4)12-19/h6,8-9,19H,5,7,10-12H2,1-4H3. The van der Waals surface area contributed by atoms with Gasteiger partial charge >= 0.3 is 0 Å². The van der Waals surface area contributed by atoms with Gasteiger partial charge < -0.3 is 9.90 Å². The lowest BCUT2D eigenvalue weighted by molar-refractivity contribution is -0.117. The van der Waals surface area contributed by atoms with Gasteiger partial charge in [-0.15, -0.1) is 0 Å². The van der Waals surface area contributed by atoms with Gasteiger partial charge in [0.05, 0.1) is 6.61 Å². The van der Waals surface area contributed by atoms with E-state index < -0.39 is 0 Å². The molecular weight excluding hydrogens is 264 g/mol. The van der Waals surface area contributed by atoms with Crippen LogP contribution in [0.4, 0.5) is 0 Å². The van der Waals surface area contributed by atoms with Gasteiger partial charge in [0, 0.05) is 18.3 Å². The zero-order valence-electron chi connectivity index (χ0n) is 13.5. The lowest BCUT2D eigenvalue weighted by atomic mass is 9.71. The quantitative estimate of drug-likeness (QED) is 0.761. The lowest BCUT2D eigenvalue weighted by Crippen LogP contribution is -2.30. The third kappa shape index (κ3) is 4.78. The van der Waals surface area contributed by atoms with Crippen LogP contribution in [0.5, 0.6) is 0 Å². The first kappa shape index (κ1) is 17.6. The van der Waals surface area contributed by atoms with E-state index in [2.05, 4.69) is 0 Å². The van der Waals surface area contributed by atoms with Crippen molar-refractivity contribution >= 4 is 11.6 Å². The summed E-state index contributed by atoms with van der Waals surface area (Å²) in [5.74, 6) is 0.353. The molecule has 1 atom stereocenters. The number of carbonyl (C=O) groups excluding carboxylic acids is 2. The minimum Gasteiger partial charge on any atom is -0.395 e. The molecule has 0 aromatic carbocycles. The third-order valence-corrected chi connectivity index (χ3v) is 4.20. The summed E-state index contributed by atoms with van der Waals surface area (Å²) in [4.78, 5) is 22.8. The van der Waals surface area contributed by atoms with Crippen molar-refractivity contribution < 1.29 is 14.7 Å². The molecule has 0 radical (unpaired) electrons. The topological polar surface area (TPSA) is 54.4 Å². The Kier molecular flexibility index (Phi) is 6.28. The summed E-state index contributed by atoms with van der Waals surface area (Å²) in [7, 11) is 0. The summed E-state index contributed by atoms with van der Waals surface area (Å²) >= 11 is 0. The van der Waals surface area contributed by atoms with E-state index in [9.17, 15) is 14.7 Å². The van der Waals surface area contributed by atoms with Crippen molar-refractivity contribution in [3.05, 3.63) is 34.9 Å². The Hall–Kier alpha value is -1.48. The zero-order valence-corrected chi connectivity index (χ0v) is 13.5. The molecule has 0 aliphatic heterocycles. The Balaban J connectivity index is 2.91. The van der Waals surface area contributed by atoms with Crippen LogP contribution in [0, 0.1) is 5.41 Å². The van der Waals surface area contributed by atoms with Crippen molar-refractivity contribution in [2.45, 2.75) is 53.4 Å². The van der Waals surface area contributed by atoms with Crippen LogP contribution in [0.15, 0.2) is 34.9 Å². The average Bonchev–Trinajstić information content (AvgIpc) is 2.43. The number of hydrogen-bond donors (Lipinski definition) is 1. The molecule has 1 aliphatic rings. The minimum atomic E-state index is -0.339. The molecule has 0 spiro atoms. The Bertz CT molecular complexity index is 509. The summed E-state index contributed by atoms with van der Waals surface area (Å²) < 4.78 is 0. The van der Waals surface area contributed by atoms with Crippen molar-refractivity contribution in [3.63, 3.8) is 0 Å². The molecule has 0 saturated carbocycles. The number of Topliss-reactive ketones (excluding diaryl/α,β-unsaturated/α-hetero) is 2. The van der Waals surface area contributed by atoms with E-state index in [-0.39, 0.29) is 23.6 Å². The Morgan fingerprint density at radius 1 is 1.38 bits per heavy atom. The highest BCUT2D eigenvalue weighted by atomic mass is 16.3. The van der Waals surface area contributed by atoms with E-state index in [0.29, 0.717) is 19.3 Å². The maximum Gasteiger partial charge on any atom is 0.158 e. The SMILES string of the molecule is CC(=O)CCC=C(C)C=CC1=C(C)C(=O)CCC1(C)CO. The van der Waals surface area contributed by atoms with Gasteiger partial charge in [0.25, 0.3) is 0 Å². The van der Waals surface area contributed by atoms with Gasteiger partial charge in [-0.1, -0.05) is 30.7 Å². The van der Waals surface area contributed by atoms with Crippen LogP contribution in [0.1, 0.15) is 53.4 Å². The largest absolute Gasteiger partial charge is 0.395 e. The van der Waals surface area contributed by atoms with Gasteiger partial charge in [-0.25, -0.2) is 0 Å². The second kappa shape index (κ2) is 7.51. The second-order valence-corrected chi connectivity index (χ2v) is 6.20. The van der Waals surface area contributed by atoms with Gasteiger partial charge in [-0.2, -0.15) is 0 Å². The second-order valence-electron chi connectivity index (χ2n) is 6.20. The van der Waals surface area contributed by atoms with Crippen LogP contribution < -0.4 is 0 Å². The Morgan fingerprint density at radius 2 is 2.05 bits per heavy atom. The molecule has 0 heterocycles. The summed E-state index contributed by atoms with van der Waals surface area (Å²) in [6, 6.07) is 0. The molecule has 1 rings (SSSR count). The number of allylic oxidation sites excluding steroid dienone is 5. The number of rotatable bonds is 6. The van der Waals surface area contributed by atoms with Crippen molar-refractivity contribution in [2.75, 3.05) is 6.61 Å². The van der Waals surface area contributed by atoms with Gasteiger partial charge in [0.15, 0.2) is 5.78 Å². The van der Waals surface area contributed by atoms with E-state index >= 15 is 0 Å². The third-order valence-electron chi connectivity index (χ3n) is 4.20. The minimum absolute atomic E-state index is 0.0460. The van der Waals surface area contributed by atoms with Crippen molar-refractivity contribution in [1.29, 1.82) is 0 Å². The first-order valence-electron chi connectivity index (χ1n) is 7.50. The molecule has 0 fully saturated rings. The molecule has 0 saturated heterocycles. The number of carbonyl (C=O) groups is 2. The van der Waals surface area contributed by atoms with Gasteiger partial charge in [-0.3, -0.25) is 4.79 Å². The monoisotopic (exact) mass is 290 g/mol. The van der Waals surface area contributed by atoms with Gasteiger partial charge in [-0.05, 0) is 44.8 Å². The van der Waals surface area contributed by atoms with E-state index in [1.165, 1.54) is 0 Å². The highest BCUT2D eigenvalue weighted by Gasteiger charge is 2.34. The molecule has 1 unspecified atom stereocenters. The van der Waals surface area contributed by atoms with E-state index in [4.69, 9.17) is 0 Å². The van der Waals surface area contributed by atoms with Crippen LogP contribution in [0.3, 0.4) is 0 Å². The van der Waals surface area contributed by atoms with Crippen LogP contribution in [-0.4, -0.2) is 23.3 Å². The molecular formula is C18H26O3. The molecule has 0 aromatic rings. The summed E-state index contributed by atoms with van der Waals surface area (Å²) in [6.07, 6.45) is 8.42. The first-order valence-corrected chi connectivity index (χ1v) is 7.50. The summed E-state index contributed by atoms with van der Waals surface area (Å²) in [5.41, 5.74) is 2.41. The highest BCUT2D eigenvalue weighted by Crippen LogP contribution is 2.39. The Morgan fingerprint density at radius 3 is 2.62 bits per heavy atom. The molecule has 3 heteroatoms. The van der Waals surface area contributed by atoms with E-state index in [1.54, 1.807) is 6.92 Å². The number of hydrogen-bond acceptors (Lipinski definition) is 3. The Labute approximate surface area is 127 Å². The summed E-state index contributed by atoms with van der Waals surface area (Å²) in [6.45, 7) is 7.45. The zero-order chi connectivity index (χ0) is 16.0. The maximum atomic E-state index is 11.9. The highest BCUT2D eigenvalue weighted by molar-refractivity contribution is 5.97. The van der Waals surface area contributed by atoms with Crippen LogP contribution in [-0.2, 0) is 9.59 Å². The number of ketones is 2. The molecule has 1 N–H and O–H groups in total. The van der Waals surface area contributed by atoms with Crippen molar-refractivity contribution in [1.82, 2.24) is 0 Å². The normalized spacial score (nSPS) is 24.0. The van der Waals surface area contributed by atoms with Crippen molar-refractivity contribution in [2.24, 2.45) is 5.41 Å². The molecule has 1 aliphatic carbocycles. The molecule has 116 valence electrons. The molecule has 0 amide bonds. The number of aliphatic hydroxyl groups is 1. The maximum absolute atomic E-state index is 11.9. The smallest absolute Gasteiger partial charge is 0.158 e. The predicted molar refractivity (Wildman–Crippen MR) is 84.9 cm³/mol. The van der Waals surface area contributed by atoms with Crippen LogP contribution in [0.25, 0.3) is 0 Å². The van der Waals surface area contributed by atoms with E-state index in [1.807, 2.05) is 39.0 Å². The fourth-order valence-electron chi connectivity index (χ4n) is 2.59. The average molecular weight is 290 g/mol. The molecule has 0 bridgehead atoms. The van der Waals surface area contributed by atoms with Gasteiger partial charge in [0.2, 0.25) is 0 Å². The predicted octanol–water partition coefficient (Wildman–Crippen LogP) is 3.54. The molecule has 0 aromatic heterocycles. The van der Waals surface area contributed by atoms with Gasteiger partial charge in [0.1, 0.15) is 5.78 Å². The van der Waals surface area contributed by atoms with E-state index in [0.717, 1.165) is 23.1 Å². The summed E-state index contributed by atoms with van der Waals surface area (Å²) in [5, 5.41) is 9.66. The number of aliphatic hydroxyl groups excluding tert-OH is 1. The molecule has 21 heavy (non-hydrogen) atoms. The van der Waals surface area contributed by atoms with Crippen molar-refractivity contribution in [3.8, 4) is 0 Å².